The largest absolute Gasteiger partial charge is 0.486 e. The fraction of sp³-hybridized carbons (Fsp3) is 0.308. The van der Waals surface area contributed by atoms with Crippen molar-refractivity contribution in [3.05, 3.63) is 28.1 Å². The van der Waals surface area contributed by atoms with Crippen molar-refractivity contribution in [2.24, 2.45) is 5.73 Å². The number of nitrogens with zero attached hydrogens (tertiary/aromatic N) is 1. The molecule has 1 aromatic heterocycles. The Labute approximate surface area is 109 Å². The highest BCUT2D eigenvalue weighted by Crippen LogP contribution is 2.36. The predicted molar refractivity (Wildman–Crippen MR) is 71.2 cm³/mol. The minimum absolute atomic E-state index is 0.482. The molecule has 0 bridgehead atoms. The number of rotatable bonds is 2. The average Bonchev–Trinajstić information content (AvgIpc) is 2.79. The maximum Gasteiger partial charge on any atom is 0.162 e. The Hall–Kier alpha value is -1.59. The zero-order valence-electron chi connectivity index (χ0n) is 10.1. The minimum Gasteiger partial charge on any atom is -0.486 e. The van der Waals surface area contributed by atoms with E-state index < -0.39 is 0 Å². The van der Waals surface area contributed by atoms with Gasteiger partial charge in [-0.1, -0.05) is 0 Å². The van der Waals surface area contributed by atoms with Gasteiger partial charge in [-0.05, 0) is 25.1 Å². The lowest BCUT2D eigenvalue weighted by atomic mass is 10.1. The molecule has 0 unspecified atom stereocenters. The molecule has 18 heavy (non-hydrogen) atoms. The summed E-state index contributed by atoms with van der Waals surface area (Å²) in [6.07, 6.45) is 0. The van der Waals surface area contributed by atoms with E-state index in [0.717, 1.165) is 27.8 Å². The molecular weight excluding hydrogens is 248 g/mol. The molecule has 0 saturated carbocycles. The number of aromatic nitrogens is 1. The zero-order valence-corrected chi connectivity index (χ0v) is 10.9. The van der Waals surface area contributed by atoms with Crippen LogP contribution in [-0.4, -0.2) is 18.2 Å². The molecule has 0 saturated heterocycles. The van der Waals surface area contributed by atoms with Crippen LogP contribution in [0.25, 0.3) is 11.3 Å². The molecule has 0 aliphatic carbocycles. The topological polar surface area (TPSA) is 57.4 Å². The fourth-order valence-corrected chi connectivity index (χ4v) is 2.83. The lowest BCUT2D eigenvalue weighted by molar-refractivity contribution is 0.171. The van der Waals surface area contributed by atoms with Gasteiger partial charge in [0.05, 0.1) is 5.69 Å². The van der Waals surface area contributed by atoms with Crippen molar-refractivity contribution in [2.75, 3.05) is 13.2 Å². The Balaban J connectivity index is 2.03. The standard InChI is InChI=1S/C13H14N2O2S/c1-8-13(15-12(7-14)18-8)9-2-3-10-11(6-9)17-5-4-16-10/h2-3,6H,4-5,7,14H2,1H3. The van der Waals surface area contributed by atoms with Crippen molar-refractivity contribution >= 4 is 11.3 Å². The molecule has 3 rings (SSSR count). The lowest BCUT2D eigenvalue weighted by Crippen LogP contribution is -2.15. The predicted octanol–water partition coefficient (Wildman–Crippen LogP) is 2.35. The van der Waals surface area contributed by atoms with Crippen LogP contribution in [0, 0.1) is 6.92 Å². The van der Waals surface area contributed by atoms with Gasteiger partial charge in [-0.2, -0.15) is 0 Å². The van der Waals surface area contributed by atoms with E-state index in [9.17, 15) is 0 Å². The van der Waals surface area contributed by atoms with Crippen molar-refractivity contribution < 1.29 is 9.47 Å². The van der Waals surface area contributed by atoms with Crippen LogP contribution in [0.4, 0.5) is 0 Å². The minimum atomic E-state index is 0.482. The number of aryl methyl sites for hydroxylation is 1. The van der Waals surface area contributed by atoms with Crippen molar-refractivity contribution in [2.45, 2.75) is 13.5 Å². The molecule has 0 fully saturated rings. The van der Waals surface area contributed by atoms with Gasteiger partial charge in [-0.3, -0.25) is 0 Å². The maximum absolute atomic E-state index is 5.62. The SMILES string of the molecule is Cc1sc(CN)nc1-c1ccc2c(c1)OCCO2. The molecule has 2 aromatic rings. The van der Waals surface area contributed by atoms with Crippen LogP contribution in [0.5, 0.6) is 11.5 Å². The second-order valence-electron chi connectivity index (χ2n) is 4.07. The summed E-state index contributed by atoms with van der Waals surface area (Å²) in [7, 11) is 0. The van der Waals surface area contributed by atoms with E-state index in [4.69, 9.17) is 15.2 Å². The van der Waals surface area contributed by atoms with E-state index in [1.54, 1.807) is 11.3 Å². The van der Waals surface area contributed by atoms with Gasteiger partial charge in [0.25, 0.3) is 0 Å². The van der Waals surface area contributed by atoms with Crippen LogP contribution < -0.4 is 15.2 Å². The highest BCUT2D eigenvalue weighted by molar-refractivity contribution is 7.12. The molecule has 4 nitrogen and oxygen atoms in total. The summed E-state index contributed by atoms with van der Waals surface area (Å²) < 4.78 is 11.1. The molecule has 5 heteroatoms. The second-order valence-corrected chi connectivity index (χ2v) is 5.36. The van der Waals surface area contributed by atoms with Gasteiger partial charge in [-0.25, -0.2) is 4.98 Å². The third kappa shape index (κ3) is 1.95. The first-order chi connectivity index (χ1) is 8.78. The first-order valence-electron chi connectivity index (χ1n) is 5.84. The summed E-state index contributed by atoms with van der Waals surface area (Å²) >= 11 is 1.64. The van der Waals surface area contributed by atoms with Crippen LogP contribution >= 0.6 is 11.3 Å². The molecule has 2 heterocycles. The first-order valence-corrected chi connectivity index (χ1v) is 6.66. The number of hydrogen-bond donors (Lipinski definition) is 1. The molecule has 0 spiro atoms. The van der Waals surface area contributed by atoms with Gasteiger partial charge < -0.3 is 15.2 Å². The highest BCUT2D eigenvalue weighted by atomic mass is 32.1. The van der Waals surface area contributed by atoms with Gasteiger partial charge in [0.15, 0.2) is 11.5 Å². The van der Waals surface area contributed by atoms with E-state index in [1.165, 1.54) is 4.88 Å². The van der Waals surface area contributed by atoms with E-state index in [0.29, 0.717) is 19.8 Å². The molecule has 1 aliphatic rings. The Morgan fingerprint density at radius 1 is 1.28 bits per heavy atom. The highest BCUT2D eigenvalue weighted by Gasteiger charge is 2.15. The van der Waals surface area contributed by atoms with Crippen LogP contribution in [0.2, 0.25) is 0 Å². The first kappa shape index (κ1) is 11.5. The van der Waals surface area contributed by atoms with Crippen molar-refractivity contribution in [3.63, 3.8) is 0 Å². The third-order valence-corrected chi connectivity index (χ3v) is 3.82. The number of nitrogens with two attached hydrogens (primary N) is 1. The summed E-state index contributed by atoms with van der Waals surface area (Å²) in [5, 5.41) is 0.956. The summed E-state index contributed by atoms with van der Waals surface area (Å²) in [6, 6.07) is 5.93. The molecule has 0 radical (unpaired) electrons. The number of thiazole rings is 1. The molecule has 2 N–H and O–H groups in total. The summed E-state index contributed by atoms with van der Waals surface area (Å²) in [5.74, 6) is 1.59. The molecule has 0 amide bonds. The van der Waals surface area contributed by atoms with Gasteiger partial charge in [0.1, 0.15) is 18.2 Å². The lowest BCUT2D eigenvalue weighted by Gasteiger charge is -2.18. The van der Waals surface area contributed by atoms with Crippen molar-refractivity contribution in [3.8, 4) is 22.8 Å². The van der Waals surface area contributed by atoms with E-state index >= 15 is 0 Å². The quantitative estimate of drug-likeness (QED) is 0.902. The maximum atomic E-state index is 5.62. The monoisotopic (exact) mass is 262 g/mol. The van der Waals surface area contributed by atoms with Crippen LogP contribution in [-0.2, 0) is 6.54 Å². The molecule has 1 aromatic carbocycles. The van der Waals surface area contributed by atoms with E-state index in [1.807, 2.05) is 18.2 Å². The van der Waals surface area contributed by atoms with Gasteiger partial charge in [0, 0.05) is 17.0 Å². The van der Waals surface area contributed by atoms with Gasteiger partial charge in [-0.15, -0.1) is 11.3 Å². The van der Waals surface area contributed by atoms with Crippen LogP contribution in [0.3, 0.4) is 0 Å². The number of hydrogen-bond acceptors (Lipinski definition) is 5. The van der Waals surface area contributed by atoms with E-state index in [2.05, 4.69) is 11.9 Å². The van der Waals surface area contributed by atoms with E-state index in [-0.39, 0.29) is 0 Å². The van der Waals surface area contributed by atoms with Crippen molar-refractivity contribution in [1.29, 1.82) is 0 Å². The van der Waals surface area contributed by atoms with Crippen LogP contribution in [0.1, 0.15) is 9.88 Å². The molecular formula is C13H14N2O2S. The Kier molecular flexibility index (Phi) is 2.93. The van der Waals surface area contributed by atoms with Crippen molar-refractivity contribution in [1.82, 2.24) is 4.98 Å². The molecule has 94 valence electrons. The normalized spacial score (nSPS) is 13.7. The zero-order chi connectivity index (χ0) is 12.5. The molecule has 0 atom stereocenters. The van der Waals surface area contributed by atoms with Crippen LogP contribution in [0.15, 0.2) is 18.2 Å². The second kappa shape index (κ2) is 4.59. The van der Waals surface area contributed by atoms with Gasteiger partial charge >= 0.3 is 0 Å². The number of benzene rings is 1. The Morgan fingerprint density at radius 2 is 2.06 bits per heavy atom. The number of fused-ring (bicyclic) bond motifs is 1. The van der Waals surface area contributed by atoms with Gasteiger partial charge in [0.2, 0.25) is 0 Å². The average molecular weight is 262 g/mol. The molecule has 1 aliphatic heterocycles. The summed E-state index contributed by atoms with van der Waals surface area (Å²) in [5.41, 5.74) is 7.66. The summed E-state index contributed by atoms with van der Waals surface area (Å²) in [6.45, 7) is 3.75. The fourth-order valence-electron chi connectivity index (χ4n) is 2.00. The summed E-state index contributed by atoms with van der Waals surface area (Å²) in [4.78, 5) is 5.72. The third-order valence-electron chi connectivity index (χ3n) is 2.83. The smallest absolute Gasteiger partial charge is 0.162 e. The Morgan fingerprint density at radius 3 is 2.78 bits per heavy atom. The number of ether oxygens (including phenoxy) is 2. The Bertz CT molecular complexity index is 580.